The number of hydrogen-bond donors (Lipinski definition) is 0. The Morgan fingerprint density at radius 3 is 2.39 bits per heavy atom. The van der Waals surface area contributed by atoms with E-state index in [0.717, 1.165) is 22.5 Å². The summed E-state index contributed by atoms with van der Waals surface area (Å²) in [5.74, 6) is -0.165. The molecule has 0 bridgehead atoms. The third kappa shape index (κ3) is 5.24. The van der Waals surface area contributed by atoms with Crippen molar-refractivity contribution in [3.05, 3.63) is 108 Å². The van der Waals surface area contributed by atoms with Crippen LogP contribution in [0.4, 0.5) is 0 Å². The minimum absolute atomic E-state index is 0. The molecule has 0 amide bonds. The van der Waals surface area contributed by atoms with Gasteiger partial charge in [-0.2, -0.15) is 0 Å². The van der Waals surface area contributed by atoms with E-state index in [-0.39, 0.29) is 32.3 Å². The van der Waals surface area contributed by atoms with Crippen LogP contribution in [0.5, 0.6) is 0 Å². The number of ketones is 1. The van der Waals surface area contributed by atoms with Crippen molar-refractivity contribution in [2.24, 2.45) is 0 Å². The summed E-state index contributed by atoms with van der Waals surface area (Å²) in [6, 6.07) is 29.2. The summed E-state index contributed by atoms with van der Waals surface area (Å²) < 4.78 is 0. The van der Waals surface area contributed by atoms with Gasteiger partial charge in [-0.3, -0.25) is 4.98 Å². The van der Waals surface area contributed by atoms with Crippen LogP contribution >= 0.6 is 0 Å². The van der Waals surface area contributed by atoms with Gasteiger partial charge in [-0.05, 0) is 23.2 Å². The van der Waals surface area contributed by atoms with E-state index in [0.29, 0.717) is 11.3 Å². The molecule has 4 heteroatoms. The van der Waals surface area contributed by atoms with Gasteiger partial charge in [0.05, 0.1) is 5.69 Å². The van der Waals surface area contributed by atoms with Crippen molar-refractivity contribution >= 4 is 5.78 Å². The standard InChI is InChI=1S/C27H22N2O.Pt/c1-27(2,3)22-12-7-10-20(18-22)24-14-8-15-25(29-24)26(30)21-11-6-9-19(17-21)23-13-4-5-16-28-23;/h4-9,11-16,18H,1-3H3;/q-2;+2. The normalized spacial score (nSPS) is 10.9. The number of aromatic nitrogens is 2. The van der Waals surface area contributed by atoms with Crippen LogP contribution < -0.4 is 0 Å². The Bertz CT molecular complexity index is 1200. The van der Waals surface area contributed by atoms with E-state index in [9.17, 15) is 4.79 Å². The molecule has 3 nitrogen and oxygen atoms in total. The fourth-order valence-corrected chi connectivity index (χ4v) is 3.20. The molecule has 31 heavy (non-hydrogen) atoms. The molecule has 0 fully saturated rings. The van der Waals surface area contributed by atoms with Crippen LogP contribution in [-0.4, -0.2) is 15.8 Å². The molecule has 2 aromatic heterocycles. The van der Waals surface area contributed by atoms with Crippen molar-refractivity contribution in [2.45, 2.75) is 26.2 Å². The van der Waals surface area contributed by atoms with Gasteiger partial charge in [-0.15, -0.1) is 59.7 Å². The maximum Gasteiger partial charge on any atom is 2.00 e. The summed E-state index contributed by atoms with van der Waals surface area (Å²) >= 11 is 0. The zero-order chi connectivity index (χ0) is 21.1. The van der Waals surface area contributed by atoms with Gasteiger partial charge in [0, 0.05) is 11.9 Å². The first kappa shape index (κ1) is 22.8. The van der Waals surface area contributed by atoms with Crippen molar-refractivity contribution in [3.63, 3.8) is 0 Å². The molecule has 0 saturated heterocycles. The average Bonchev–Trinajstić information content (AvgIpc) is 2.79. The molecule has 0 aliphatic rings. The number of benzene rings is 2. The number of carbonyl (C=O) groups is 1. The molecule has 0 atom stereocenters. The Kier molecular flexibility index (Phi) is 6.97. The molecule has 0 spiro atoms. The second kappa shape index (κ2) is 9.49. The second-order valence-corrected chi connectivity index (χ2v) is 8.17. The zero-order valence-electron chi connectivity index (χ0n) is 17.6. The Morgan fingerprint density at radius 2 is 1.65 bits per heavy atom. The molecule has 0 N–H and O–H groups in total. The van der Waals surface area contributed by atoms with Crippen LogP contribution in [0.15, 0.2) is 79.0 Å². The van der Waals surface area contributed by atoms with E-state index in [1.165, 1.54) is 5.56 Å². The maximum absolute atomic E-state index is 13.1. The molecule has 4 aromatic rings. The van der Waals surface area contributed by atoms with E-state index in [2.05, 4.69) is 55.0 Å². The van der Waals surface area contributed by atoms with E-state index in [1.54, 1.807) is 18.3 Å². The van der Waals surface area contributed by atoms with Crippen molar-refractivity contribution in [1.29, 1.82) is 0 Å². The van der Waals surface area contributed by atoms with Crippen molar-refractivity contribution < 1.29 is 25.9 Å². The smallest absolute Gasteiger partial charge is 0.333 e. The third-order valence-electron chi connectivity index (χ3n) is 4.91. The van der Waals surface area contributed by atoms with Crippen molar-refractivity contribution in [2.75, 3.05) is 0 Å². The van der Waals surface area contributed by atoms with Gasteiger partial charge in [0.2, 0.25) is 0 Å². The van der Waals surface area contributed by atoms with Gasteiger partial charge in [0.1, 0.15) is 5.78 Å². The van der Waals surface area contributed by atoms with Gasteiger partial charge in [0.25, 0.3) is 0 Å². The molecular weight excluding hydrogens is 563 g/mol. The van der Waals surface area contributed by atoms with Gasteiger partial charge in [-0.25, -0.2) is 0 Å². The summed E-state index contributed by atoms with van der Waals surface area (Å²) in [5, 5.41) is 0. The Hall–Kier alpha value is -2.90. The number of carbonyl (C=O) groups excluding carboxylic acids is 1. The van der Waals surface area contributed by atoms with E-state index in [1.807, 2.05) is 48.5 Å². The fourth-order valence-electron chi connectivity index (χ4n) is 3.20. The molecule has 4 rings (SSSR count). The summed E-state index contributed by atoms with van der Waals surface area (Å²) in [7, 11) is 0. The van der Waals surface area contributed by atoms with Crippen LogP contribution in [0.2, 0.25) is 0 Å². The number of nitrogens with zero attached hydrogens (tertiary/aromatic N) is 2. The second-order valence-electron chi connectivity index (χ2n) is 8.17. The van der Waals surface area contributed by atoms with Crippen LogP contribution in [0, 0.1) is 12.1 Å². The first-order valence-corrected chi connectivity index (χ1v) is 9.90. The predicted octanol–water partition coefficient (Wildman–Crippen LogP) is 5.94. The third-order valence-corrected chi connectivity index (χ3v) is 4.91. The van der Waals surface area contributed by atoms with E-state index < -0.39 is 0 Å². The molecule has 2 heterocycles. The summed E-state index contributed by atoms with van der Waals surface area (Å²) in [5.41, 5.74) is 5.25. The van der Waals surface area contributed by atoms with Gasteiger partial charge >= 0.3 is 21.1 Å². The predicted molar refractivity (Wildman–Crippen MR) is 119 cm³/mol. The molecule has 2 aromatic carbocycles. The monoisotopic (exact) mass is 585 g/mol. The van der Waals surface area contributed by atoms with E-state index in [4.69, 9.17) is 0 Å². The minimum Gasteiger partial charge on any atom is -0.333 e. The molecule has 0 aliphatic carbocycles. The van der Waals surface area contributed by atoms with Crippen molar-refractivity contribution in [1.82, 2.24) is 9.97 Å². The summed E-state index contributed by atoms with van der Waals surface area (Å²) in [6.07, 6.45) is 1.73. The minimum atomic E-state index is -0.165. The molecule has 0 radical (unpaired) electrons. The molecular formula is C27H22N2OPt. The van der Waals surface area contributed by atoms with Crippen molar-refractivity contribution in [3.8, 4) is 22.5 Å². The largest absolute Gasteiger partial charge is 2.00 e. The quantitative estimate of drug-likeness (QED) is 0.220. The first-order valence-electron chi connectivity index (χ1n) is 9.90. The molecule has 0 unspecified atom stereocenters. The van der Waals surface area contributed by atoms with Crippen LogP contribution in [0.3, 0.4) is 0 Å². The van der Waals surface area contributed by atoms with Gasteiger partial charge in [-0.1, -0.05) is 56.2 Å². The van der Waals surface area contributed by atoms with Gasteiger partial charge < -0.3 is 9.78 Å². The average molecular weight is 586 g/mol. The number of hydrogen-bond acceptors (Lipinski definition) is 3. The molecule has 0 aliphatic heterocycles. The molecule has 156 valence electrons. The van der Waals surface area contributed by atoms with Crippen LogP contribution in [0.25, 0.3) is 22.5 Å². The van der Waals surface area contributed by atoms with Crippen LogP contribution in [-0.2, 0) is 26.5 Å². The van der Waals surface area contributed by atoms with Gasteiger partial charge in [0.15, 0.2) is 0 Å². The summed E-state index contributed by atoms with van der Waals surface area (Å²) in [6.45, 7) is 6.51. The Morgan fingerprint density at radius 1 is 0.871 bits per heavy atom. The Labute approximate surface area is 197 Å². The van der Waals surface area contributed by atoms with Crippen LogP contribution in [0.1, 0.15) is 42.4 Å². The summed E-state index contributed by atoms with van der Waals surface area (Å²) in [4.78, 5) is 22.1. The maximum atomic E-state index is 13.1. The Balaban J connectivity index is 0.00000272. The number of pyridine rings is 2. The zero-order valence-corrected chi connectivity index (χ0v) is 19.9. The number of rotatable bonds is 4. The fraction of sp³-hybridized carbons (Fsp3) is 0.148. The topological polar surface area (TPSA) is 42.9 Å². The SMILES string of the molecule is CC(C)(C)c1cc[c-]c(-c2cccc(C(=O)c3[c-]c(-c4ccccn4)ccc3)n2)c1.[Pt+2]. The van der Waals surface area contributed by atoms with E-state index >= 15 is 0 Å². The first-order chi connectivity index (χ1) is 14.4. The molecule has 0 saturated carbocycles.